The molecule has 0 fully saturated rings. The Labute approximate surface area is 115 Å². The van der Waals surface area contributed by atoms with Gasteiger partial charge >= 0.3 is 0 Å². The molecule has 0 atom stereocenters. The summed E-state index contributed by atoms with van der Waals surface area (Å²) in [5.41, 5.74) is 4.49. The third kappa shape index (κ3) is 3.50. The van der Waals surface area contributed by atoms with Crippen molar-refractivity contribution in [3.8, 4) is 5.75 Å². The minimum absolute atomic E-state index is 0.345. The van der Waals surface area contributed by atoms with Crippen molar-refractivity contribution in [2.45, 2.75) is 33.2 Å². The van der Waals surface area contributed by atoms with Crippen LogP contribution in [-0.4, -0.2) is 5.11 Å². The number of benzene rings is 2. The van der Waals surface area contributed by atoms with Gasteiger partial charge in [0.25, 0.3) is 0 Å². The number of hydrogen-bond acceptors (Lipinski definition) is 2. The molecule has 0 bridgehead atoms. The van der Waals surface area contributed by atoms with Crippen LogP contribution in [0.1, 0.15) is 36.5 Å². The Balaban J connectivity index is 2.10. The smallest absolute Gasteiger partial charge is 0.120 e. The Morgan fingerprint density at radius 2 is 1.89 bits per heavy atom. The Morgan fingerprint density at radius 3 is 2.63 bits per heavy atom. The van der Waals surface area contributed by atoms with E-state index >= 15 is 0 Å². The number of nitrogens with one attached hydrogen (secondary N) is 1. The van der Waals surface area contributed by atoms with Gasteiger partial charge in [-0.2, -0.15) is 0 Å². The predicted molar refractivity (Wildman–Crippen MR) is 80.7 cm³/mol. The number of aromatic hydroxyl groups is 1. The fourth-order valence-electron chi connectivity index (χ4n) is 2.06. The summed E-state index contributed by atoms with van der Waals surface area (Å²) in [6.45, 7) is 7.04. The molecule has 2 aromatic rings. The highest BCUT2D eigenvalue weighted by molar-refractivity contribution is 5.48. The zero-order valence-electron chi connectivity index (χ0n) is 11.8. The largest absolute Gasteiger partial charge is 0.508 e. The van der Waals surface area contributed by atoms with Crippen LogP contribution in [0.3, 0.4) is 0 Å². The first-order valence-electron chi connectivity index (χ1n) is 6.68. The minimum atomic E-state index is 0.345. The van der Waals surface area contributed by atoms with Crippen LogP contribution in [0.2, 0.25) is 0 Å². The fourth-order valence-corrected chi connectivity index (χ4v) is 2.06. The summed E-state index contributed by atoms with van der Waals surface area (Å²) in [5.74, 6) is 0.868. The molecule has 0 amide bonds. The highest BCUT2D eigenvalue weighted by Gasteiger charge is 2.03. The molecule has 0 unspecified atom stereocenters. The zero-order valence-corrected chi connectivity index (χ0v) is 11.8. The molecule has 0 aliphatic rings. The van der Waals surface area contributed by atoms with Crippen molar-refractivity contribution in [1.29, 1.82) is 0 Å². The SMILES string of the molecule is Cc1ccc(O)c(CNc2cccc(C(C)C)c2)c1. The molecule has 0 aromatic heterocycles. The molecule has 2 rings (SSSR count). The number of anilines is 1. The van der Waals surface area contributed by atoms with E-state index in [0.717, 1.165) is 16.8 Å². The Bertz CT molecular complexity index is 561. The van der Waals surface area contributed by atoms with Crippen molar-refractivity contribution >= 4 is 5.69 Å². The van der Waals surface area contributed by atoms with E-state index in [4.69, 9.17) is 0 Å². The quantitative estimate of drug-likeness (QED) is 0.846. The molecule has 2 heteroatoms. The van der Waals surface area contributed by atoms with Gasteiger partial charge in [0, 0.05) is 17.8 Å². The monoisotopic (exact) mass is 255 g/mol. The standard InChI is InChI=1S/C17H21NO/c1-12(2)14-5-4-6-16(10-14)18-11-15-9-13(3)7-8-17(15)19/h4-10,12,18-19H,11H2,1-3H3. The summed E-state index contributed by atoms with van der Waals surface area (Å²) >= 11 is 0. The molecular formula is C17H21NO. The summed E-state index contributed by atoms with van der Waals surface area (Å²) in [4.78, 5) is 0. The highest BCUT2D eigenvalue weighted by Crippen LogP contribution is 2.22. The van der Waals surface area contributed by atoms with Crippen LogP contribution >= 0.6 is 0 Å². The maximum Gasteiger partial charge on any atom is 0.120 e. The average molecular weight is 255 g/mol. The Kier molecular flexibility index (Phi) is 4.10. The topological polar surface area (TPSA) is 32.3 Å². The van der Waals surface area contributed by atoms with Gasteiger partial charge in [0.2, 0.25) is 0 Å². The van der Waals surface area contributed by atoms with Crippen molar-refractivity contribution in [1.82, 2.24) is 0 Å². The van der Waals surface area contributed by atoms with Crippen molar-refractivity contribution in [2.24, 2.45) is 0 Å². The van der Waals surface area contributed by atoms with Crippen molar-refractivity contribution in [3.05, 3.63) is 59.2 Å². The highest BCUT2D eigenvalue weighted by atomic mass is 16.3. The van der Waals surface area contributed by atoms with Crippen LogP contribution in [0.25, 0.3) is 0 Å². The van der Waals surface area contributed by atoms with Gasteiger partial charge in [-0.15, -0.1) is 0 Å². The maximum atomic E-state index is 9.82. The molecule has 0 radical (unpaired) electrons. The van der Waals surface area contributed by atoms with Gasteiger partial charge in [0.15, 0.2) is 0 Å². The van der Waals surface area contributed by atoms with Crippen LogP contribution in [0.15, 0.2) is 42.5 Å². The van der Waals surface area contributed by atoms with Gasteiger partial charge in [-0.25, -0.2) is 0 Å². The van der Waals surface area contributed by atoms with E-state index < -0.39 is 0 Å². The van der Waals surface area contributed by atoms with Gasteiger partial charge in [-0.1, -0.05) is 43.7 Å². The fraction of sp³-hybridized carbons (Fsp3) is 0.294. The van der Waals surface area contributed by atoms with E-state index in [0.29, 0.717) is 18.2 Å². The van der Waals surface area contributed by atoms with Crippen molar-refractivity contribution in [3.63, 3.8) is 0 Å². The summed E-state index contributed by atoms with van der Waals surface area (Å²) < 4.78 is 0. The van der Waals surface area contributed by atoms with E-state index in [9.17, 15) is 5.11 Å². The lowest BCUT2D eigenvalue weighted by atomic mass is 10.0. The van der Waals surface area contributed by atoms with Gasteiger partial charge in [-0.05, 0) is 36.6 Å². The van der Waals surface area contributed by atoms with Crippen LogP contribution in [-0.2, 0) is 6.54 Å². The first kappa shape index (κ1) is 13.5. The van der Waals surface area contributed by atoms with Gasteiger partial charge in [0.05, 0.1) is 0 Å². The first-order chi connectivity index (χ1) is 9.06. The molecule has 2 aromatic carbocycles. The third-order valence-electron chi connectivity index (χ3n) is 3.27. The molecule has 0 aliphatic carbocycles. The number of hydrogen-bond donors (Lipinski definition) is 2. The second kappa shape index (κ2) is 5.79. The second-order valence-electron chi connectivity index (χ2n) is 5.27. The molecular weight excluding hydrogens is 234 g/mol. The van der Waals surface area contributed by atoms with Crippen LogP contribution in [0, 0.1) is 6.92 Å². The van der Waals surface area contributed by atoms with Crippen LogP contribution < -0.4 is 5.32 Å². The van der Waals surface area contributed by atoms with E-state index in [1.54, 1.807) is 6.07 Å². The average Bonchev–Trinajstić information content (AvgIpc) is 2.40. The molecule has 2 nitrogen and oxygen atoms in total. The normalized spacial score (nSPS) is 10.7. The molecule has 0 spiro atoms. The van der Waals surface area contributed by atoms with Crippen molar-refractivity contribution in [2.75, 3.05) is 5.32 Å². The summed E-state index contributed by atoms with van der Waals surface area (Å²) in [6.07, 6.45) is 0. The number of phenols is 1. The maximum absolute atomic E-state index is 9.82. The van der Waals surface area contributed by atoms with Gasteiger partial charge in [0.1, 0.15) is 5.75 Å². The summed E-state index contributed by atoms with van der Waals surface area (Å²) in [7, 11) is 0. The van der Waals surface area contributed by atoms with E-state index in [-0.39, 0.29) is 0 Å². The molecule has 100 valence electrons. The summed E-state index contributed by atoms with van der Waals surface area (Å²) in [5, 5.41) is 13.2. The molecule has 0 saturated carbocycles. The minimum Gasteiger partial charge on any atom is -0.508 e. The van der Waals surface area contributed by atoms with E-state index in [2.05, 4.69) is 43.4 Å². The Hall–Kier alpha value is -1.96. The molecule has 0 aliphatic heterocycles. The zero-order chi connectivity index (χ0) is 13.8. The number of rotatable bonds is 4. The Morgan fingerprint density at radius 1 is 1.11 bits per heavy atom. The lowest BCUT2D eigenvalue weighted by Gasteiger charge is -2.11. The third-order valence-corrected chi connectivity index (χ3v) is 3.27. The molecule has 0 saturated heterocycles. The lowest BCUT2D eigenvalue weighted by molar-refractivity contribution is 0.469. The predicted octanol–water partition coefficient (Wildman–Crippen LogP) is 4.44. The van der Waals surface area contributed by atoms with Crippen LogP contribution in [0.4, 0.5) is 5.69 Å². The number of aryl methyl sites for hydroxylation is 1. The van der Waals surface area contributed by atoms with E-state index in [1.165, 1.54) is 5.56 Å². The van der Waals surface area contributed by atoms with Crippen LogP contribution in [0.5, 0.6) is 5.75 Å². The molecule has 2 N–H and O–H groups in total. The first-order valence-corrected chi connectivity index (χ1v) is 6.68. The van der Waals surface area contributed by atoms with Crippen molar-refractivity contribution < 1.29 is 5.11 Å². The lowest BCUT2D eigenvalue weighted by Crippen LogP contribution is -2.01. The van der Waals surface area contributed by atoms with Gasteiger partial charge < -0.3 is 10.4 Å². The van der Waals surface area contributed by atoms with E-state index in [1.807, 2.05) is 19.1 Å². The van der Waals surface area contributed by atoms with Gasteiger partial charge in [-0.3, -0.25) is 0 Å². The molecule has 19 heavy (non-hydrogen) atoms. The summed E-state index contributed by atoms with van der Waals surface area (Å²) in [6, 6.07) is 14.1. The molecule has 0 heterocycles. The second-order valence-corrected chi connectivity index (χ2v) is 5.27. The number of phenolic OH excluding ortho intramolecular Hbond substituents is 1.